The molecule has 0 aliphatic rings. The van der Waals surface area contributed by atoms with E-state index in [0.717, 1.165) is 70.6 Å². The molecule has 0 amide bonds. The maximum Gasteiger partial charge on any atom is 0.472 e. The first-order valence-corrected chi connectivity index (χ1v) is 21.9. The first kappa shape index (κ1) is 50.0. The van der Waals surface area contributed by atoms with Gasteiger partial charge in [0.25, 0.3) is 0 Å². The number of esters is 2. The first-order chi connectivity index (χ1) is 25.0. The second-order valence-electron chi connectivity index (χ2n) is 14.7. The molecule has 2 atom stereocenters. The number of likely N-dealkylation sites (N-methyl/N-ethyl adjacent to an activating group) is 1. The van der Waals surface area contributed by atoms with E-state index in [9.17, 15) is 19.0 Å². The molecule has 0 aromatic rings. The van der Waals surface area contributed by atoms with Crippen molar-refractivity contribution >= 4 is 19.8 Å². The maximum absolute atomic E-state index is 12.6. The van der Waals surface area contributed by atoms with Gasteiger partial charge in [-0.3, -0.25) is 18.6 Å². The van der Waals surface area contributed by atoms with Crippen LogP contribution in [0, 0.1) is 0 Å². The van der Waals surface area contributed by atoms with Gasteiger partial charge in [0.15, 0.2) is 6.10 Å². The maximum atomic E-state index is 12.6. The van der Waals surface area contributed by atoms with Crippen LogP contribution in [0.1, 0.15) is 155 Å². The van der Waals surface area contributed by atoms with Gasteiger partial charge in [-0.25, -0.2) is 4.57 Å². The molecule has 0 saturated carbocycles. The smallest absolute Gasteiger partial charge is 0.462 e. The Morgan fingerprint density at radius 2 is 1.04 bits per heavy atom. The Bertz CT molecular complexity index is 1030. The summed E-state index contributed by atoms with van der Waals surface area (Å²) in [4.78, 5) is 35.2. The van der Waals surface area contributed by atoms with Crippen LogP contribution in [0.5, 0.6) is 0 Å². The van der Waals surface area contributed by atoms with E-state index >= 15 is 0 Å². The third-order valence-electron chi connectivity index (χ3n) is 8.33. The van der Waals surface area contributed by atoms with Crippen LogP contribution in [-0.4, -0.2) is 74.9 Å². The van der Waals surface area contributed by atoms with Gasteiger partial charge in [-0.2, -0.15) is 0 Å². The minimum atomic E-state index is -4.38. The molecule has 0 fully saturated rings. The van der Waals surface area contributed by atoms with Crippen LogP contribution in [0.2, 0.25) is 0 Å². The number of hydrogen-bond acceptors (Lipinski definition) is 7. The molecule has 302 valence electrons. The number of allylic oxidation sites excluding steroid dienone is 8. The van der Waals surface area contributed by atoms with Crippen molar-refractivity contribution in [2.24, 2.45) is 0 Å². The van der Waals surface area contributed by atoms with Gasteiger partial charge in [0, 0.05) is 12.8 Å². The van der Waals surface area contributed by atoms with Crippen molar-refractivity contribution in [3.8, 4) is 0 Å². The van der Waals surface area contributed by atoms with E-state index in [2.05, 4.69) is 62.5 Å². The monoisotopic (exact) mass is 755 g/mol. The number of rotatable bonds is 36. The Hall–Kier alpha value is -2.03. The lowest BCUT2D eigenvalue weighted by Gasteiger charge is -2.24. The third kappa shape index (κ3) is 37.7. The molecule has 10 heteroatoms. The molecule has 9 nitrogen and oxygen atoms in total. The van der Waals surface area contributed by atoms with Gasteiger partial charge in [-0.05, 0) is 77.0 Å². The predicted octanol–water partition coefficient (Wildman–Crippen LogP) is 11.1. The molecule has 0 aliphatic heterocycles. The van der Waals surface area contributed by atoms with Gasteiger partial charge >= 0.3 is 19.8 Å². The fourth-order valence-corrected chi connectivity index (χ4v) is 5.81. The van der Waals surface area contributed by atoms with Crippen molar-refractivity contribution in [3.05, 3.63) is 48.6 Å². The molecule has 0 saturated heterocycles. The summed E-state index contributed by atoms with van der Waals surface area (Å²) in [6.45, 7) is 4.30. The number of phosphoric acid groups is 1. The molecule has 0 radical (unpaired) electrons. The second-order valence-corrected chi connectivity index (χ2v) is 16.1. The number of unbranched alkanes of at least 4 members (excludes halogenated alkanes) is 14. The van der Waals surface area contributed by atoms with E-state index in [4.69, 9.17) is 18.5 Å². The van der Waals surface area contributed by atoms with Crippen LogP contribution in [0.3, 0.4) is 0 Å². The summed E-state index contributed by atoms with van der Waals surface area (Å²) in [6, 6.07) is 0. The first-order valence-electron chi connectivity index (χ1n) is 20.4. The fraction of sp³-hybridized carbons (Fsp3) is 0.762. The van der Waals surface area contributed by atoms with Crippen molar-refractivity contribution in [2.75, 3.05) is 47.5 Å². The quantitative estimate of drug-likeness (QED) is 0.0221. The Balaban J connectivity index is 4.51. The van der Waals surface area contributed by atoms with E-state index in [1.54, 1.807) is 0 Å². The number of nitrogens with zero attached hydrogens (tertiary/aromatic N) is 1. The lowest BCUT2D eigenvalue weighted by atomic mass is 10.1. The van der Waals surface area contributed by atoms with E-state index in [1.165, 1.54) is 51.4 Å². The summed E-state index contributed by atoms with van der Waals surface area (Å²) < 4.78 is 34.1. The van der Waals surface area contributed by atoms with E-state index < -0.39 is 26.5 Å². The SMILES string of the molecule is CCCCC/C=C\C/C=C\C/C=C\CCCCC(=O)O[C@H](COC(=O)CCCCCCC/C=C\CCCCCC)COP(=O)(O)OCC[N+](C)(C)C. The summed E-state index contributed by atoms with van der Waals surface area (Å²) in [7, 11) is 1.44. The highest BCUT2D eigenvalue weighted by Gasteiger charge is 2.27. The zero-order chi connectivity index (χ0) is 38.6. The second kappa shape index (κ2) is 34.7. The Kier molecular flexibility index (Phi) is 33.4. The van der Waals surface area contributed by atoms with Gasteiger partial charge in [0.2, 0.25) is 0 Å². The number of ether oxygens (including phenoxy) is 2. The van der Waals surface area contributed by atoms with Crippen LogP contribution in [0.4, 0.5) is 0 Å². The zero-order valence-corrected chi connectivity index (χ0v) is 34.7. The molecule has 1 N–H and O–H groups in total. The number of phosphoric ester groups is 1. The van der Waals surface area contributed by atoms with Gasteiger partial charge in [-0.15, -0.1) is 0 Å². The molecule has 0 aliphatic carbocycles. The third-order valence-corrected chi connectivity index (χ3v) is 9.32. The number of hydrogen-bond donors (Lipinski definition) is 1. The molecule has 0 heterocycles. The van der Waals surface area contributed by atoms with Crippen molar-refractivity contribution in [1.82, 2.24) is 0 Å². The molecule has 0 spiro atoms. The highest BCUT2D eigenvalue weighted by Crippen LogP contribution is 2.43. The summed E-state index contributed by atoms with van der Waals surface area (Å²) in [6.07, 6.45) is 38.7. The average Bonchev–Trinajstić information content (AvgIpc) is 3.09. The number of carbonyl (C=O) groups excluding carboxylic acids is 2. The fourth-order valence-electron chi connectivity index (χ4n) is 5.07. The van der Waals surface area contributed by atoms with E-state index in [0.29, 0.717) is 17.4 Å². The van der Waals surface area contributed by atoms with E-state index in [-0.39, 0.29) is 32.0 Å². The van der Waals surface area contributed by atoms with Crippen molar-refractivity contribution < 1.29 is 42.1 Å². The molecular formula is C42H77NO8P+. The lowest BCUT2D eigenvalue weighted by molar-refractivity contribution is -0.870. The standard InChI is InChI=1S/C42H76NO8P/c1-6-8-10-12-14-16-18-20-21-23-25-27-29-31-33-35-42(45)51-40(39-50-52(46,47)49-37-36-43(3,4)5)38-48-41(44)34-32-30-28-26-24-22-19-17-15-13-11-9-7-2/h14,16-17,19-21,25,27,40H,6-13,15,18,22-24,26,28-39H2,1-5H3/p+1/b16-14-,19-17-,21-20-,27-25-/t40-/m1/s1. The topological polar surface area (TPSA) is 108 Å². The summed E-state index contributed by atoms with van der Waals surface area (Å²) >= 11 is 0. The van der Waals surface area contributed by atoms with Gasteiger partial charge in [-0.1, -0.05) is 114 Å². The Morgan fingerprint density at radius 1 is 0.596 bits per heavy atom. The minimum Gasteiger partial charge on any atom is -0.462 e. The summed E-state index contributed by atoms with van der Waals surface area (Å²) in [5.41, 5.74) is 0. The van der Waals surface area contributed by atoms with Crippen LogP contribution in [-0.2, 0) is 32.7 Å². The number of quaternary nitrogens is 1. The molecule has 0 rings (SSSR count). The molecule has 1 unspecified atom stereocenters. The lowest BCUT2D eigenvalue weighted by Crippen LogP contribution is -2.37. The zero-order valence-electron chi connectivity index (χ0n) is 33.8. The molecule has 0 bridgehead atoms. The van der Waals surface area contributed by atoms with Gasteiger partial charge in [0.1, 0.15) is 19.8 Å². The highest BCUT2D eigenvalue weighted by molar-refractivity contribution is 7.47. The van der Waals surface area contributed by atoms with Crippen molar-refractivity contribution in [2.45, 2.75) is 161 Å². The Labute approximate surface area is 318 Å². The summed E-state index contributed by atoms with van der Waals surface area (Å²) in [5.74, 6) is -0.858. The highest BCUT2D eigenvalue weighted by atomic mass is 31.2. The van der Waals surface area contributed by atoms with Gasteiger partial charge < -0.3 is 18.9 Å². The van der Waals surface area contributed by atoms with Crippen molar-refractivity contribution in [3.63, 3.8) is 0 Å². The number of carbonyl (C=O) groups is 2. The molecule has 52 heavy (non-hydrogen) atoms. The van der Waals surface area contributed by atoms with Crippen LogP contribution < -0.4 is 0 Å². The molecule has 0 aromatic carbocycles. The summed E-state index contributed by atoms with van der Waals surface area (Å²) in [5, 5.41) is 0. The van der Waals surface area contributed by atoms with Crippen LogP contribution in [0.15, 0.2) is 48.6 Å². The largest absolute Gasteiger partial charge is 0.472 e. The van der Waals surface area contributed by atoms with Crippen LogP contribution >= 0.6 is 7.82 Å². The van der Waals surface area contributed by atoms with Crippen molar-refractivity contribution in [1.29, 1.82) is 0 Å². The predicted molar refractivity (Wildman–Crippen MR) is 215 cm³/mol. The van der Waals surface area contributed by atoms with Gasteiger partial charge in [0.05, 0.1) is 27.7 Å². The normalized spacial score (nSPS) is 14.2. The average molecular weight is 755 g/mol. The van der Waals surface area contributed by atoms with E-state index in [1.807, 2.05) is 21.1 Å². The minimum absolute atomic E-state index is 0.0216. The Morgan fingerprint density at radius 3 is 1.63 bits per heavy atom. The molecular weight excluding hydrogens is 677 g/mol. The molecule has 0 aromatic heterocycles. The van der Waals surface area contributed by atoms with Crippen LogP contribution in [0.25, 0.3) is 0 Å².